The standard InChI is InChI=1S/C8H15ClN2O/c1-3-4-10-6-8(12)11-5-7(2)9/h10H,2-6H2,1H3,(H,11,12). The smallest absolute Gasteiger partial charge is 0.234 e. The third-order valence-electron chi connectivity index (χ3n) is 1.19. The van der Waals surface area contributed by atoms with Crippen LogP contribution in [0.2, 0.25) is 0 Å². The summed E-state index contributed by atoms with van der Waals surface area (Å²) in [5.41, 5.74) is 0. The van der Waals surface area contributed by atoms with Crippen molar-refractivity contribution in [1.82, 2.24) is 10.6 Å². The zero-order chi connectivity index (χ0) is 9.40. The topological polar surface area (TPSA) is 41.1 Å². The van der Waals surface area contributed by atoms with Gasteiger partial charge in [-0.05, 0) is 13.0 Å². The van der Waals surface area contributed by atoms with Crippen molar-refractivity contribution in [3.05, 3.63) is 11.6 Å². The molecule has 70 valence electrons. The van der Waals surface area contributed by atoms with E-state index in [9.17, 15) is 4.79 Å². The van der Waals surface area contributed by atoms with E-state index in [1.165, 1.54) is 0 Å². The van der Waals surface area contributed by atoms with E-state index in [0.717, 1.165) is 13.0 Å². The molecule has 3 nitrogen and oxygen atoms in total. The number of amides is 1. The summed E-state index contributed by atoms with van der Waals surface area (Å²) in [7, 11) is 0. The number of hydrogen-bond donors (Lipinski definition) is 2. The van der Waals surface area contributed by atoms with E-state index in [1.54, 1.807) is 0 Å². The lowest BCUT2D eigenvalue weighted by molar-refractivity contribution is -0.120. The van der Waals surface area contributed by atoms with E-state index >= 15 is 0 Å². The molecule has 0 bridgehead atoms. The Labute approximate surface area is 78.2 Å². The molecule has 1 amide bonds. The van der Waals surface area contributed by atoms with E-state index in [4.69, 9.17) is 11.6 Å². The van der Waals surface area contributed by atoms with Crippen molar-refractivity contribution in [3.8, 4) is 0 Å². The zero-order valence-corrected chi connectivity index (χ0v) is 8.08. The van der Waals surface area contributed by atoms with Gasteiger partial charge in [0.15, 0.2) is 0 Å². The highest BCUT2D eigenvalue weighted by atomic mass is 35.5. The molecule has 0 saturated carbocycles. The number of hydrogen-bond acceptors (Lipinski definition) is 2. The van der Waals surface area contributed by atoms with Crippen molar-refractivity contribution in [1.29, 1.82) is 0 Å². The first-order valence-electron chi connectivity index (χ1n) is 3.97. The van der Waals surface area contributed by atoms with Crippen molar-refractivity contribution in [2.24, 2.45) is 0 Å². The second-order valence-corrected chi connectivity index (χ2v) is 3.01. The van der Waals surface area contributed by atoms with E-state index in [1.807, 2.05) is 6.92 Å². The SMILES string of the molecule is C=C(Cl)CNC(=O)CNCCC. The highest BCUT2D eigenvalue weighted by molar-refractivity contribution is 6.29. The Morgan fingerprint density at radius 3 is 2.67 bits per heavy atom. The van der Waals surface area contributed by atoms with Crippen LogP contribution in [0.3, 0.4) is 0 Å². The van der Waals surface area contributed by atoms with Crippen LogP contribution in [-0.4, -0.2) is 25.5 Å². The summed E-state index contributed by atoms with van der Waals surface area (Å²) in [4.78, 5) is 10.9. The van der Waals surface area contributed by atoms with Crippen molar-refractivity contribution < 1.29 is 4.79 Å². The maximum Gasteiger partial charge on any atom is 0.234 e. The normalized spacial score (nSPS) is 9.50. The molecule has 0 saturated heterocycles. The van der Waals surface area contributed by atoms with Gasteiger partial charge in [-0.2, -0.15) is 0 Å². The predicted molar refractivity (Wildman–Crippen MR) is 51.2 cm³/mol. The van der Waals surface area contributed by atoms with Gasteiger partial charge in [0.2, 0.25) is 5.91 Å². The van der Waals surface area contributed by atoms with E-state index < -0.39 is 0 Å². The summed E-state index contributed by atoms with van der Waals surface area (Å²) in [6.07, 6.45) is 1.02. The van der Waals surface area contributed by atoms with Crippen LogP contribution in [0.5, 0.6) is 0 Å². The van der Waals surface area contributed by atoms with Crippen LogP contribution in [0.25, 0.3) is 0 Å². The molecule has 0 aromatic heterocycles. The summed E-state index contributed by atoms with van der Waals surface area (Å²) in [5.74, 6) is -0.0507. The van der Waals surface area contributed by atoms with Gasteiger partial charge in [0.05, 0.1) is 13.1 Å². The number of rotatable bonds is 6. The van der Waals surface area contributed by atoms with Gasteiger partial charge in [-0.15, -0.1) is 0 Å². The minimum atomic E-state index is -0.0507. The fraction of sp³-hybridized carbons (Fsp3) is 0.625. The average molecular weight is 191 g/mol. The Kier molecular flexibility index (Phi) is 6.81. The van der Waals surface area contributed by atoms with Crippen LogP contribution in [0.1, 0.15) is 13.3 Å². The Balaban J connectivity index is 3.28. The van der Waals surface area contributed by atoms with Gasteiger partial charge in [-0.1, -0.05) is 25.1 Å². The fourth-order valence-electron chi connectivity index (χ4n) is 0.636. The van der Waals surface area contributed by atoms with Crippen molar-refractivity contribution in [3.63, 3.8) is 0 Å². The molecule has 0 unspecified atom stereocenters. The second kappa shape index (κ2) is 7.13. The molecule has 0 spiro atoms. The Bertz CT molecular complexity index is 159. The minimum Gasteiger partial charge on any atom is -0.350 e. The second-order valence-electron chi connectivity index (χ2n) is 2.47. The van der Waals surface area contributed by atoms with Crippen molar-refractivity contribution in [2.45, 2.75) is 13.3 Å². The lowest BCUT2D eigenvalue weighted by atomic mass is 10.4. The molecule has 12 heavy (non-hydrogen) atoms. The zero-order valence-electron chi connectivity index (χ0n) is 7.32. The number of halogens is 1. The van der Waals surface area contributed by atoms with Gasteiger partial charge in [-0.25, -0.2) is 0 Å². The highest BCUT2D eigenvalue weighted by Crippen LogP contribution is 1.91. The third-order valence-corrected chi connectivity index (χ3v) is 1.32. The van der Waals surface area contributed by atoms with Gasteiger partial charge in [-0.3, -0.25) is 4.79 Å². The fourth-order valence-corrected chi connectivity index (χ4v) is 0.703. The lowest BCUT2D eigenvalue weighted by Crippen LogP contribution is -2.34. The molecule has 4 heteroatoms. The lowest BCUT2D eigenvalue weighted by Gasteiger charge is -2.03. The molecular formula is C8H15ClN2O. The molecule has 2 N–H and O–H groups in total. The Morgan fingerprint density at radius 1 is 1.50 bits per heavy atom. The van der Waals surface area contributed by atoms with Gasteiger partial charge in [0.1, 0.15) is 0 Å². The van der Waals surface area contributed by atoms with Crippen molar-refractivity contribution in [2.75, 3.05) is 19.6 Å². The molecule has 0 fully saturated rings. The first-order valence-corrected chi connectivity index (χ1v) is 4.35. The van der Waals surface area contributed by atoms with E-state index in [-0.39, 0.29) is 5.91 Å². The minimum absolute atomic E-state index is 0.0507. The molecule has 0 radical (unpaired) electrons. The van der Waals surface area contributed by atoms with Crippen LogP contribution in [0.4, 0.5) is 0 Å². The van der Waals surface area contributed by atoms with Crippen LogP contribution in [-0.2, 0) is 4.79 Å². The maximum absolute atomic E-state index is 10.9. The van der Waals surface area contributed by atoms with Gasteiger partial charge < -0.3 is 10.6 Å². The van der Waals surface area contributed by atoms with Gasteiger partial charge in [0.25, 0.3) is 0 Å². The molecule has 0 heterocycles. The Morgan fingerprint density at radius 2 is 2.17 bits per heavy atom. The molecule has 0 aliphatic carbocycles. The largest absolute Gasteiger partial charge is 0.350 e. The van der Waals surface area contributed by atoms with Crippen molar-refractivity contribution >= 4 is 17.5 Å². The van der Waals surface area contributed by atoms with Crippen LogP contribution >= 0.6 is 11.6 Å². The molecule has 0 aliphatic heterocycles. The summed E-state index contributed by atoms with van der Waals surface area (Å²) in [6, 6.07) is 0. The first kappa shape index (κ1) is 11.5. The Hall–Kier alpha value is -0.540. The number of carbonyl (C=O) groups excluding carboxylic acids is 1. The summed E-state index contributed by atoms with van der Waals surface area (Å²) >= 11 is 5.45. The van der Waals surface area contributed by atoms with E-state index in [2.05, 4.69) is 17.2 Å². The van der Waals surface area contributed by atoms with Gasteiger partial charge >= 0.3 is 0 Å². The van der Waals surface area contributed by atoms with Crippen LogP contribution in [0.15, 0.2) is 11.6 Å². The molecule has 0 atom stereocenters. The average Bonchev–Trinajstić information content (AvgIpc) is 2.01. The molecule has 0 rings (SSSR count). The number of nitrogens with one attached hydrogen (secondary N) is 2. The van der Waals surface area contributed by atoms with E-state index in [0.29, 0.717) is 18.1 Å². The van der Waals surface area contributed by atoms with Gasteiger partial charge in [0, 0.05) is 5.03 Å². The summed E-state index contributed by atoms with van der Waals surface area (Å²) < 4.78 is 0. The highest BCUT2D eigenvalue weighted by Gasteiger charge is 1.98. The number of carbonyl (C=O) groups is 1. The first-order chi connectivity index (χ1) is 5.66. The molecular weight excluding hydrogens is 176 g/mol. The maximum atomic E-state index is 10.9. The molecule has 0 aromatic rings. The van der Waals surface area contributed by atoms with Crippen LogP contribution < -0.4 is 10.6 Å². The monoisotopic (exact) mass is 190 g/mol. The molecule has 0 aliphatic rings. The summed E-state index contributed by atoms with van der Waals surface area (Å²) in [5, 5.41) is 6.03. The molecule has 0 aromatic carbocycles. The predicted octanol–water partition coefficient (Wildman–Crippen LogP) is 0.855. The quantitative estimate of drug-likeness (QED) is 0.610. The third kappa shape index (κ3) is 7.57. The summed E-state index contributed by atoms with van der Waals surface area (Å²) in [6.45, 7) is 7.04. The van der Waals surface area contributed by atoms with Crippen LogP contribution in [0, 0.1) is 0 Å².